The van der Waals surface area contributed by atoms with Crippen LogP contribution in [0, 0.1) is 6.92 Å². The summed E-state index contributed by atoms with van der Waals surface area (Å²) in [6.45, 7) is 4.72. The molecule has 0 unspecified atom stereocenters. The molecule has 2 aromatic heterocycles. The van der Waals surface area contributed by atoms with Crippen LogP contribution in [0.5, 0.6) is 0 Å². The van der Waals surface area contributed by atoms with E-state index in [4.69, 9.17) is 5.73 Å². The highest BCUT2D eigenvalue weighted by molar-refractivity contribution is 5.97. The fourth-order valence-electron chi connectivity index (χ4n) is 1.77. The lowest BCUT2D eigenvalue weighted by Gasteiger charge is -2.19. The summed E-state index contributed by atoms with van der Waals surface area (Å²) in [5.74, 6) is -0.185. The van der Waals surface area contributed by atoms with Crippen LogP contribution in [0.1, 0.15) is 28.8 Å². The fourth-order valence-corrected chi connectivity index (χ4v) is 1.77. The van der Waals surface area contributed by atoms with Crippen LogP contribution >= 0.6 is 0 Å². The molecule has 0 saturated carbocycles. The lowest BCUT2D eigenvalue weighted by Crippen LogP contribution is -2.31. The number of aryl methyl sites for hydroxylation is 1. The summed E-state index contributed by atoms with van der Waals surface area (Å²) >= 11 is 0. The number of hydrogen-bond donors (Lipinski definition) is 2. The van der Waals surface area contributed by atoms with Crippen LogP contribution in [-0.2, 0) is 6.54 Å². The van der Waals surface area contributed by atoms with Gasteiger partial charge >= 0.3 is 0 Å². The molecule has 0 atom stereocenters. The number of H-pyrrole nitrogens is 1. The standard InChI is InChI=1S/C13H17N5O/c1-3-18(8-10-6-4-5-7-15-10)13(19)12-11(14)9(2)16-17-12/h4-7H,3,8,14H2,1-2H3,(H,16,17). The van der Waals surface area contributed by atoms with Gasteiger partial charge in [-0.05, 0) is 26.0 Å². The molecule has 6 heteroatoms. The van der Waals surface area contributed by atoms with Crippen molar-refractivity contribution >= 4 is 11.6 Å². The van der Waals surface area contributed by atoms with Gasteiger partial charge in [0.05, 0.1) is 23.6 Å². The zero-order valence-electron chi connectivity index (χ0n) is 11.1. The molecule has 6 nitrogen and oxygen atoms in total. The molecule has 2 heterocycles. The van der Waals surface area contributed by atoms with Crippen LogP contribution in [0.2, 0.25) is 0 Å². The second-order valence-electron chi connectivity index (χ2n) is 4.25. The first-order valence-electron chi connectivity index (χ1n) is 6.13. The SMILES string of the molecule is CCN(Cc1ccccn1)C(=O)c1n[nH]c(C)c1N. The number of aromatic amines is 1. The largest absolute Gasteiger partial charge is 0.395 e. The topological polar surface area (TPSA) is 87.9 Å². The Bertz CT molecular complexity index is 564. The zero-order valence-corrected chi connectivity index (χ0v) is 11.1. The van der Waals surface area contributed by atoms with Gasteiger partial charge in [0.2, 0.25) is 0 Å². The van der Waals surface area contributed by atoms with Gasteiger partial charge in [-0.3, -0.25) is 14.9 Å². The number of hydrogen-bond acceptors (Lipinski definition) is 4. The van der Waals surface area contributed by atoms with Crippen molar-refractivity contribution in [3.63, 3.8) is 0 Å². The molecular weight excluding hydrogens is 242 g/mol. The molecule has 0 saturated heterocycles. The Balaban J connectivity index is 2.18. The summed E-state index contributed by atoms with van der Waals surface area (Å²) in [5.41, 5.74) is 8.06. The average Bonchev–Trinajstić information content (AvgIpc) is 2.77. The second-order valence-corrected chi connectivity index (χ2v) is 4.25. The Labute approximate surface area is 111 Å². The van der Waals surface area contributed by atoms with E-state index in [1.165, 1.54) is 0 Å². The minimum absolute atomic E-state index is 0.185. The smallest absolute Gasteiger partial charge is 0.276 e. The third-order valence-electron chi connectivity index (χ3n) is 2.95. The fraction of sp³-hybridized carbons (Fsp3) is 0.308. The molecule has 0 spiro atoms. The number of rotatable bonds is 4. The number of nitrogen functional groups attached to an aromatic ring is 1. The van der Waals surface area contributed by atoms with Crippen LogP contribution < -0.4 is 5.73 Å². The summed E-state index contributed by atoms with van der Waals surface area (Å²) < 4.78 is 0. The van der Waals surface area contributed by atoms with E-state index in [0.717, 1.165) is 5.69 Å². The minimum Gasteiger partial charge on any atom is -0.395 e. The number of nitrogens with zero attached hydrogens (tertiary/aromatic N) is 3. The summed E-state index contributed by atoms with van der Waals surface area (Å²) in [6.07, 6.45) is 1.71. The molecule has 2 aromatic rings. The van der Waals surface area contributed by atoms with Gasteiger partial charge in [-0.25, -0.2) is 0 Å². The number of carbonyl (C=O) groups excluding carboxylic acids is 1. The molecule has 19 heavy (non-hydrogen) atoms. The first-order valence-corrected chi connectivity index (χ1v) is 6.13. The lowest BCUT2D eigenvalue weighted by atomic mass is 10.2. The van der Waals surface area contributed by atoms with E-state index in [1.807, 2.05) is 25.1 Å². The molecule has 0 radical (unpaired) electrons. The van der Waals surface area contributed by atoms with Crippen molar-refractivity contribution in [2.24, 2.45) is 0 Å². The van der Waals surface area contributed by atoms with Crippen molar-refractivity contribution < 1.29 is 4.79 Å². The maximum absolute atomic E-state index is 12.4. The summed E-state index contributed by atoms with van der Waals surface area (Å²) in [5, 5.41) is 6.69. The van der Waals surface area contributed by atoms with E-state index < -0.39 is 0 Å². The molecule has 3 N–H and O–H groups in total. The molecule has 0 bridgehead atoms. The van der Waals surface area contributed by atoms with Gasteiger partial charge in [0, 0.05) is 12.7 Å². The Kier molecular flexibility index (Phi) is 3.79. The van der Waals surface area contributed by atoms with Crippen molar-refractivity contribution in [3.05, 3.63) is 41.5 Å². The number of pyridine rings is 1. The quantitative estimate of drug-likeness (QED) is 0.867. The normalized spacial score (nSPS) is 10.4. The van der Waals surface area contributed by atoms with Crippen LogP contribution in [0.15, 0.2) is 24.4 Å². The maximum Gasteiger partial charge on any atom is 0.276 e. The van der Waals surface area contributed by atoms with E-state index in [1.54, 1.807) is 18.0 Å². The van der Waals surface area contributed by atoms with E-state index in [-0.39, 0.29) is 11.6 Å². The van der Waals surface area contributed by atoms with Gasteiger partial charge in [-0.2, -0.15) is 5.10 Å². The van der Waals surface area contributed by atoms with Gasteiger partial charge in [0.25, 0.3) is 5.91 Å². The maximum atomic E-state index is 12.4. The van der Waals surface area contributed by atoms with Crippen molar-refractivity contribution in [2.75, 3.05) is 12.3 Å². The predicted molar refractivity (Wildman–Crippen MR) is 72.4 cm³/mol. The van der Waals surface area contributed by atoms with Gasteiger partial charge in [-0.1, -0.05) is 6.07 Å². The lowest BCUT2D eigenvalue weighted by molar-refractivity contribution is 0.0745. The minimum atomic E-state index is -0.185. The third kappa shape index (κ3) is 2.73. The van der Waals surface area contributed by atoms with E-state index in [0.29, 0.717) is 24.5 Å². The Hall–Kier alpha value is -2.37. The monoisotopic (exact) mass is 259 g/mol. The number of carbonyl (C=O) groups is 1. The van der Waals surface area contributed by atoms with E-state index in [9.17, 15) is 4.79 Å². The van der Waals surface area contributed by atoms with E-state index >= 15 is 0 Å². The number of nitrogens with two attached hydrogens (primary N) is 1. The number of anilines is 1. The van der Waals surface area contributed by atoms with Crippen LogP contribution in [0.4, 0.5) is 5.69 Å². The summed E-state index contributed by atoms with van der Waals surface area (Å²) in [6, 6.07) is 5.62. The van der Waals surface area contributed by atoms with Crippen molar-refractivity contribution in [3.8, 4) is 0 Å². The van der Waals surface area contributed by atoms with Crippen LogP contribution in [0.3, 0.4) is 0 Å². The highest BCUT2D eigenvalue weighted by Crippen LogP contribution is 2.15. The Morgan fingerprint density at radius 3 is 2.79 bits per heavy atom. The third-order valence-corrected chi connectivity index (χ3v) is 2.95. The molecular formula is C13H17N5O. The predicted octanol–water partition coefficient (Wildman–Crippen LogP) is 1.36. The number of nitrogens with one attached hydrogen (secondary N) is 1. The molecule has 0 aliphatic heterocycles. The van der Waals surface area contributed by atoms with Crippen molar-refractivity contribution in [1.82, 2.24) is 20.1 Å². The Morgan fingerprint density at radius 1 is 1.47 bits per heavy atom. The number of aromatic nitrogens is 3. The van der Waals surface area contributed by atoms with Crippen molar-refractivity contribution in [1.29, 1.82) is 0 Å². The molecule has 0 aliphatic rings. The number of amides is 1. The zero-order chi connectivity index (χ0) is 13.8. The van der Waals surface area contributed by atoms with Crippen LogP contribution in [-0.4, -0.2) is 32.5 Å². The molecule has 2 rings (SSSR count). The molecule has 0 aromatic carbocycles. The highest BCUT2D eigenvalue weighted by Gasteiger charge is 2.21. The molecule has 0 aliphatic carbocycles. The summed E-state index contributed by atoms with van der Waals surface area (Å²) in [7, 11) is 0. The molecule has 100 valence electrons. The molecule has 1 amide bonds. The molecule has 0 fully saturated rings. The van der Waals surface area contributed by atoms with E-state index in [2.05, 4.69) is 15.2 Å². The van der Waals surface area contributed by atoms with Gasteiger partial charge in [0.15, 0.2) is 5.69 Å². The first kappa shape index (κ1) is 13.1. The average molecular weight is 259 g/mol. The Morgan fingerprint density at radius 2 is 2.26 bits per heavy atom. The van der Waals surface area contributed by atoms with Gasteiger partial charge < -0.3 is 10.6 Å². The van der Waals surface area contributed by atoms with Crippen LogP contribution in [0.25, 0.3) is 0 Å². The first-order chi connectivity index (χ1) is 9.13. The van der Waals surface area contributed by atoms with Gasteiger partial charge in [0.1, 0.15) is 0 Å². The van der Waals surface area contributed by atoms with Crippen molar-refractivity contribution in [2.45, 2.75) is 20.4 Å². The summed E-state index contributed by atoms with van der Waals surface area (Å²) in [4.78, 5) is 18.2. The highest BCUT2D eigenvalue weighted by atomic mass is 16.2. The van der Waals surface area contributed by atoms with Gasteiger partial charge in [-0.15, -0.1) is 0 Å². The second kappa shape index (κ2) is 5.51.